The van der Waals surface area contributed by atoms with Crippen LogP contribution >= 0.6 is 0 Å². The molecule has 3 aliphatic rings. The highest BCUT2D eigenvalue weighted by atomic mass is 14.3. The number of benzene rings is 4. The highest BCUT2D eigenvalue weighted by Gasteiger charge is 2.29. The van der Waals surface area contributed by atoms with E-state index in [0.29, 0.717) is 32.5 Å². The molecule has 0 bridgehead atoms. The van der Waals surface area contributed by atoms with Crippen LogP contribution in [0.5, 0.6) is 0 Å². The summed E-state index contributed by atoms with van der Waals surface area (Å²) < 4.78 is 0. The van der Waals surface area contributed by atoms with Gasteiger partial charge in [0, 0.05) is 0 Å². The molecule has 4 aromatic rings. The number of fused-ring (bicyclic) bond motifs is 1. The summed E-state index contributed by atoms with van der Waals surface area (Å²) in [7, 11) is 0. The summed E-state index contributed by atoms with van der Waals surface area (Å²) in [5, 5.41) is 2.74. The number of hydrogen-bond acceptors (Lipinski definition) is 0. The highest BCUT2D eigenvalue weighted by Crippen LogP contribution is 2.41. The highest BCUT2D eigenvalue weighted by molar-refractivity contribution is 5.86. The average Bonchev–Trinajstić information content (AvgIpc) is 3.90. The largest absolute Gasteiger partial charge is 0.0649 e. The van der Waals surface area contributed by atoms with Crippen molar-refractivity contribution in [2.24, 2.45) is 39.4 Å². The standard InChI is InChI=1S/C15H18.C11H22.C11H16.C10H20.C10H14.C9H18.C5H12/c1-4-15(2,3)14-11-7-9-12-8-5-6-10-13(12)14;2*1-4-11(2,3)10-8-6-5-7-9-10;2*1-10(2,3)9-7-5-4-6-8-9;1-9(2,3)8-6-4-5-7-8;1-5(2,3)4/h5-11H,4H2,1-3H3;10H,4-9H2,1-3H3;5-9H,4H2,1-3H3;9H,4-8H2,1-3H3;4-8H,1-3H3;8H,4-7H2,1-3H3;1-4H3. The molecule has 0 N–H and O–H groups in total. The molecule has 0 amide bonds. The molecule has 0 heterocycles. The molecule has 71 heavy (non-hydrogen) atoms. The van der Waals surface area contributed by atoms with E-state index in [1.807, 2.05) is 0 Å². The Kier molecular flexibility index (Phi) is 29.0. The zero-order chi connectivity index (χ0) is 54.2. The molecule has 7 rings (SSSR count). The van der Waals surface area contributed by atoms with E-state index in [9.17, 15) is 0 Å². The van der Waals surface area contributed by atoms with E-state index in [4.69, 9.17) is 0 Å². The van der Waals surface area contributed by atoms with Gasteiger partial charge >= 0.3 is 0 Å². The first kappa shape index (κ1) is 66.2. The maximum Gasteiger partial charge on any atom is -0.0100 e. The first-order chi connectivity index (χ1) is 32.8. The molecular weight excluding hydrogens is 853 g/mol. The van der Waals surface area contributed by atoms with Gasteiger partial charge in [-0.3, -0.25) is 0 Å². The van der Waals surface area contributed by atoms with E-state index in [1.54, 1.807) is 0 Å². The lowest BCUT2D eigenvalue weighted by Gasteiger charge is -2.36. The molecule has 0 aliphatic heterocycles. The maximum absolute atomic E-state index is 2.43. The SMILES string of the molecule is CC(C)(C)C.CC(C)(C)C1CCCC1.CC(C)(C)C1CCCCC1.CC(C)(C)c1ccccc1.CCC(C)(C)C1CCCCC1.CCC(C)(C)c1cccc2ccccc12.CCC(C)(C)c1ccccc1. The van der Waals surface area contributed by atoms with Crippen molar-refractivity contribution in [2.75, 3.05) is 0 Å². The van der Waals surface area contributed by atoms with Gasteiger partial charge in [-0.25, -0.2) is 0 Å². The van der Waals surface area contributed by atoms with Gasteiger partial charge in [0.2, 0.25) is 0 Å². The van der Waals surface area contributed by atoms with Crippen LogP contribution in [-0.2, 0) is 16.2 Å². The van der Waals surface area contributed by atoms with Gasteiger partial charge in [-0.15, -0.1) is 0 Å². The molecule has 404 valence electrons. The molecule has 3 saturated carbocycles. The Balaban J connectivity index is 0.000000421. The van der Waals surface area contributed by atoms with Gasteiger partial charge in [-0.05, 0) is 134 Å². The van der Waals surface area contributed by atoms with Gasteiger partial charge in [0.15, 0.2) is 0 Å². The zero-order valence-corrected chi connectivity index (χ0v) is 51.6. The lowest BCUT2D eigenvalue weighted by atomic mass is 9.70. The molecule has 4 aromatic carbocycles. The molecule has 0 unspecified atom stereocenters. The first-order valence-electron chi connectivity index (χ1n) is 29.4. The Morgan fingerprint density at radius 3 is 1.01 bits per heavy atom. The van der Waals surface area contributed by atoms with Crippen LogP contribution in [0.3, 0.4) is 0 Å². The molecule has 3 aliphatic carbocycles. The lowest BCUT2D eigenvalue weighted by molar-refractivity contribution is 0.152. The fraction of sp³-hybridized carbons (Fsp3) is 0.690. The molecular formula is C71H120. The van der Waals surface area contributed by atoms with Crippen LogP contribution in [0.4, 0.5) is 0 Å². The normalized spacial score (nSPS) is 16.4. The smallest absolute Gasteiger partial charge is 0.0100 e. The van der Waals surface area contributed by atoms with Gasteiger partial charge in [0.05, 0.1) is 0 Å². The van der Waals surface area contributed by atoms with Crippen molar-refractivity contribution in [1.82, 2.24) is 0 Å². The summed E-state index contributed by atoms with van der Waals surface area (Å²) >= 11 is 0. The van der Waals surface area contributed by atoms with Gasteiger partial charge in [-0.1, -0.05) is 313 Å². The molecule has 0 radical (unpaired) electrons. The molecule has 0 nitrogen and oxygen atoms in total. The van der Waals surface area contributed by atoms with Crippen LogP contribution in [0, 0.1) is 39.4 Å². The van der Waals surface area contributed by atoms with E-state index in [2.05, 4.69) is 255 Å². The number of rotatable bonds is 6. The van der Waals surface area contributed by atoms with Gasteiger partial charge in [0.25, 0.3) is 0 Å². The van der Waals surface area contributed by atoms with Crippen LogP contribution in [0.2, 0.25) is 0 Å². The lowest BCUT2D eigenvalue weighted by Crippen LogP contribution is -2.25. The Hall–Kier alpha value is -2.86. The minimum absolute atomic E-state index is 0.265. The number of hydrogen-bond donors (Lipinski definition) is 0. The van der Waals surface area contributed by atoms with Crippen molar-refractivity contribution in [3.05, 3.63) is 120 Å². The molecule has 0 aromatic heterocycles. The van der Waals surface area contributed by atoms with Crippen molar-refractivity contribution in [3.8, 4) is 0 Å². The van der Waals surface area contributed by atoms with Crippen LogP contribution in [0.1, 0.15) is 278 Å². The van der Waals surface area contributed by atoms with Crippen LogP contribution in [0.15, 0.2) is 103 Å². The Bertz CT molecular complexity index is 1900. The Labute approximate surface area is 445 Å². The van der Waals surface area contributed by atoms with E-state index in [0.717, 1.165) is 17.8 Å². The third kappa shape index (κ3) is 27.3. The van der Waals surface area contributed by atoms with Gasteiger partial charge in [-0.2, -0.15) is 0 Å². The first-order valence-corrected chi connectivity index (χ1v) is 29.4. The predicted octanol–water partition coefficient (Wildman–Crippen LogP) is 23.8. The van der Waals surface area contributed by atoms with Crippen LogP contribution in [0.25, 0.3) is 10.8 Å². The summed E-state index contributed by atoms with van der Waals surface area (Å²) in [5.74, 6) is 3.03. The molecule has 0 heteroatoms. The van der Waals surface area contributed by atoms with Crippen molar-refractivity contribution in [1.29, 1.82) is 0 Å². The Morgan fingerprint density at radius 1 is 0.338 bits per heavy atom. The van der Waals surface area contributed by atoms with Crippen molar-refractivity contribution in [2.45, 2.75) is 278 Å². The summed E-state index contributed by atoms with van der Waals surface area (Å²) in [4.78, 5) is 0. The van der Waals surface area contributed by atoms with E-state index in [1.165, 1.54) is 137 Å². The summed E-state index contributed by atoms with van der Waals surface area (Å²) in [5.41, 5.74) is 7.45. The van der Waals surface area contributed by atoms with Crippen molar-refractivity contribution >= 4 is 10.8 Å². The third-order valence-electron chi connectivity index (χ3n) is 16.5. The molecule has 3 fully saturated rings. The van der Waals surface area contributed by atoms with Gasteiger partial charge in [0.1, 0.15) is 0 Å². The maximum atomic E-state index is 2.43. The zero-order valence-electron chi connectivity index (χ0n) is 51.6. The third-order valence-corrected chi connectivity index (χ3v) is 16.5. The second-order valence-electron chi connectivity index (χ2n) is 28.7. The Morgan fingerprint density at radius 2 is 0.676 bits per heavy atom. The topological polar surface area (TPSA) is 0 Å². The van der Waals surface area contributed by atoms with E-state index >= 15 is 0 Å². The minimum Gasteiger partial charge on any atom is -0.0649 e. The van der Waals surface area contributed by atoms with E-state index < -0.39 is 0 Å². The second-order valence-corrected chi connectivity index (χ2v) is 28.7. The van der Waals surface area contributed by atoms with Crippen LogP contribution in [-0.4, -0.2) is 0 Å². The van der Waals surface area contributed by atoms with E-state index in [-0.39, 0.29) is 5.41 Å². The average molecular weight is 974 g/mol. The minimum atomic E-state index is 0.265. The summed E-state index contributed by atoms with van der Waals surface area (Å²) in [6.45, 7) is 50.5. The quantitative estimate of drug-likeness (QED) is 0.181. The fourth-order valence-corrected chi connectivity index (χ4v) is 9.97. The van der Waals surface area contributed by atoms with Gasteiger partial charge < -0.3 is 0 Å². The monoisotopic (exact) mass is 973 g/mol. The predicted molar refractivity (Wildman–Crippen MR) is 325 cm³/mol. The fourth-order valence-electron chi connectivity index (χ4n) is 9.97. The summed E-state index contributed by atoms with van der Waals surface area (Å²) in [6.07, 6.45) is 24.4. The molecule has 0 saturated heterocycles. The molecule has 0 atom stereocenters. The molecule has 0 spiro atoms. The van der Waals surface area contributed by atoms with Crippen LogP contribution < -0.4 is 0 Å². The second kappa shape index (κ2) is 31.1. The van der Waals surface area contributed by atoms with Crippen molar-refractivity contribution in [3.63, 3.8) is 0 Å². The van der Waals surface area contributed by atoms with Crippen molar-refractivity contribution < 1.29 is 0 Å². The summed E-state index contributed by atoms with van der Waals surface area (Å²) in [6, 6.07) is 36.5.